The number of allylic oxidation sites excluding steroid dienone is 2. The van der Waals surface area contributed by atoms with E-state index in [2.05, 4.69) is 11.4 Å². The molecule has 0 saturated carbocycles. The second-order valence-corrected chi connectivity index (χ2v) is 8.18. The smallest absolute Gasteiger partial charge is 0.224 e. The number of nitrogens with one attached hydrogen (secondary N) is 1. The van der Waals surface area contributed by atoms with Crippen molar-refractivity contribution >= 4 is 23.1 Å². The highest BCUT2D eigenvalue weighted by molar-refractivity contribution is 6.08. The van der Waals surface area contributed by atoms with E-state index in [1.165, 1.54) is 0 Å². The van der Waals surface area contributed by atoms with E-state index in [0.717, 1.165) is 39.2 Å². The largest absolute Gasteiger partial charge is 0.497 e. The van der Waals surface area contributed by atoms with Crippen LogP contribution in [0.25, 0.3) is 17.2 Å². The van der Waals surface area contributed by atoms with Crippen LogP contribution in [0, 0.1) is 0 Å². The quantitative estimate of drug-likeness (QED) is 0.581. The number of ether oxygens (including phenoxy) is 6. The Labute approximate surface area is 205 Å². The maximum atomic E-state index is 12.8. The highest BCUT2D eigenvalue weighted by atomic mass is 16.7. The van der Waals surface area contributed by atoms with Gasteiger partial charge in [-0.1, -0.05) is 6.07 Å². The average Bonchev–Trinajstić information content (AvgIpc) is 3.49. The molecule has 0 spiro atoms. The maximum absolute atomic E-state index is 12.8. The average molecular weight is 482 g/mol. The van der Waals surface area contributed by atoms with Crippen LogP contribution >= 0.6 is 0 Å². The molecule has 2 aromatic carbocycles. The molecule has 8 nitrogen and oxygen atoms in total. The molecule has 0 unspecified atom stereocenters. The van der Waals surface area contributed by atoms with Crippen molar-refractivity contribution < 1.29 is 33.2 Å². The molecule has 1 N–H and O–H groups in total. The van der Waals surface area contributed by atoms with E-state index in [1.54, 1.807) is 28.4 Å². The topological polar surface area (TPSA) is 84.5 Å². The first-order chi connectivity index (χ1) is 17.0. The second-order valence-electron chi connectivity index (χ2n) is 8.18. The van der Waals surface area contributed by atoms with Crippen molar-refractivity contribution in [2.24, 2.45) is 0 Å². The predicted octanol–water partition coefficient (Wildman–Crippen LogP) is 3.93. The first kappa shape index (κ1) is 24.6. The van der Waals surface area contributed by atoms with Crippen molar-refractivity contribution in [1.82, 2.24) is 5.32 Å². The molecule has 1 fully saturated rings. The normalized spacial score (nSPS) is 16.4. The number of amides is 1. The molecule has 35 heavy (non-hydrogen) atoms. The Kier molecular flexibility index (Phi) is 7.63. The summed E-state index contributed by atoms with van der Waals surface area (Å²) in [5.41, 5.74) is 5.87. The van der Waals surface area contributed by atoms with Gasteiger partial charge in [-0.05, 0) is 70.7 Å². The molecule has 2 aromatic rings. The molecule has 4 rings (SSSR count). The van der Waals surface area contributed by atoms with Crippen LogP contribution in [0.3, 0.4) is 0 Å². The molecule has 1 amide bonds. The minimum Gasteiger partial charge on any atom is -0.497 e. The summed E-state index contributed by atoms with van der Waals surface area (Å²) in [6.45, 7) is 3.45. The van der Waals surface area contributed by atoms with Crippen LogP contribution in [0.2, 0.25) is 0 Å². The highest BCUT2D eigenvalue weighted by Crippen LogP contribution is 2.46. The van der Waals surface area contributed by atoms with E-state index in [4.69, 9.17) is 28.4 Å². The Balaban J connectivity index is 1.70. The molecule has 0 bridgehead atoms. The molecule has 0 aromatic heterocycles. The van der Waals surface area contributed by atoms with Gasteiger partial charge in [0.2, 0.25) is 11.7 Å². The zero-order chi connectivity index (χ0) is 24.9. The minimum atomic E-state index is -0.388. The molecule has 8 heteroatoms. The van der Waals surface area contributed by atoms with Gasteiger partial charge in [0.25, 0.3) is 0 Å². The summed E-state index contributed by atoms with van der Waals surface area (Å²) < 4.78 is 32.8. The first-order valence-corrected chi connectivity index (χ1v) is 11.4. The monoisotopic (exact) mass is 481 g/mol. The standard InChI is InChI=1S/C27H31NO7/c1-16-20(10-17-11-23(31-3)27(33-5)24(12-17)32-4)19-7-6-18(30-2)13-22(19)21(16)14-25(29)28-15-26-34-8-9-35-26/h6-7,10-13,26H,8-9,14-15H2,1-5H3,(H,28,29). The Hall–Kier alpha value is -3.49. The van der Waals surface area contributed by atoms with Crippen molar-refractivity contribution in [3.63, 3.8) is 0 Å². The fourth-order valence-corrected chi connectivity index (χ4v) is 4.41. The highest BCUT2D eigenvalue weighted by Gasteiger charge is 2.27. The van der Waals surface area contributed by atoms with Gasteiger partial charge in [-0.3, -0.25) is 4.79 Å². The molecule has 0 atom stereocenters. The second kappa shape index (κ2) is 10.8. The molecule has 0 radical (unpaired) electrons. The number of benzene rings is 2. The van der Waals surface area contributed by atoms with Crippen molar-refractivity contribution in [3.05, 3.63) is 52.6 Å². The van der Waals surface area contributed by atoms with E-state index in [9.17, 15) is 4.79 Å². The Morgan fingerprint density at radius 3 is 2.26 bits per heavy atom. The zero-order valence-electron chi connectivity index (χ0n) is 20.7. The third kappa shape index (κ3) is 5.13. The van der Waals surface area contributed by atoms with Crippen LogP contribution in [-0.2, 0) is 14.3 Å². The summed E-state index contributed by atoms with van der Waals surface area (Å²) >= 11 is 0. The van der Waals surface area contributed by atoms with E-state index >= 15 is 0 Å². The molecular formula is C27H31NO7. The van der Waals surface area contributed by atoms with Gasteiger partial charge in [0.05, 0.1) is 54.6 Å². The lowest BCUT2D eigenvalue weighted by Crippen LogP contribution is -2.32. The number of hydrogen-bond acceptors (Lipinski definition) is 7. The summed E-state index contributed by atoms with van der Waals surface area (Å²) in [6.07, 6.45) is 1.90. The van der Waals surface area contributed by atoms with Gasteiger partial charge in [0, 0.05) is 0 Å². The summed E-state index contributed by atoms with van der Waals surface area (Å²) in [5, 5.41) is 2.92. The van der Waals surface area contributed by atoms with E-state index < -0.39 is 0 Å². The van der Waals surface area contributed by atoms with E-state index in [-0.39, 0.29) is 18.6 Å². The summed E-state index contributed by atoms with van der Waals surface area (Å²) in [7, 11) is 6.39. The Morgan fingerprint density at radius 1 is 0.971 bits per heavy atom. The number of carbonyl (C=O) groups is 1. The fraction of sp³-hybridized carbons (Fsp3) is 0.370. The van der Waals surface area contributed by atoms with Gasteiger partial charge in [-0.15, -0.1) is 0 Å². The van der Waals surface area contributed by atoms with Gasteiger partial charge in [0.1, 0.15) is 5.75 Å². The maximum Gasteiger partial charge on any atom is 0.224 e. The van der Waals surface area contributed by atoms with Gasteiger partial charge in [-0.2, -0.15) is 0 Å². The van der Waals surface area contributed by atoms with Crippen molar-refractivity contribution in [2.75, 3.05) is 48.2 Å². The van der Waals surface area contributed by atoms with E-state index in [0.29, 0.717) is 37.0 Å². The van der Waals surface area contributed by atoms with Crippen LogP contribution in [0.5, 0.6) is 23.0 Å². The molecule has 2 aliphatic rings. The van der Waals surface area contributed by atoms with Crippen LogP contribution in [0.15, 0.2) is 35.9 Å². The molecular weight excluding hydrogens is 450 g/mol. The number of rotatable bonds is 9. The lowest BCUT2D eigenvalue weighted by atomic mass is 10.00. The van der Waals surface area contributed by atoms with Gasteiger partial charge in [-0.25, -0.2) is 0 Å². The van der Waals surface area contributed by atoms with E-state index in [1.807, 2.05) is 37.3 Å². The molecule has 186 valence electrons. The minimum absolute atomic E-state index is 0.0961. The van der Waals surface area contributed by atoms with Crippen LogP contribution in [-0.4, -0.2) is 60.4 Å². The first-order valence-electron chi connectivity index (χ1n) is 11.4. The molecule has 1 saturated heterocycles. The third-order valence-corrected chi connectivity index (χ3v) is 6.19. The number of hydrogen-bond donors (Lipinski definition) is 1. The molecule has 1 aliphatic heterocycles. The molecule has 1 aliphatic carbocycles. The third-order valence-electron chi connectivity index (χ3n) is 6.19. The van der Waals surface area contributed by atoms with Gasteiger partial charge < -0.3 is 33.7 Å². The van der Waals surface area contributed by atoms with Gasteiger partial charge in [0.15, 0.2) is 17.8 Å². The summed E-state index contributed by atoms with van der Waals surface area (Å²) in [4.78, 5) is 12.8. The lowest BCUT2D eigenvalue weighted by molar-refractivity contribution is -0.122. The van der Waals surface area contributed by atoms with Crippen LogP contribution in [0.4, 0.5) is 0 Å². The zero-order valence-corrected chi connectivity index (χ0v) is 20.7. The van der Waals surface area contributed by atoms with Crippen LogP contribution < -0.4 is 24.3 Å². The summed E-state index contributed by atoms with van der Waals surface area (Å²) in [5.74, 6) is 2.32. The van der Waals surface area contributed by atoms with Crippen molar-refractivity contribution in [2.45, 2.75) is 19.6 Å². The fourth-order valence-electron chi connectivity index (χ4n) is 4.41. The van der Waals surface area contributed by atoms with Gasteiger partial charge >= 0.3 is 0 Å². The van der Waals surface area contributed by atoms with Crippen molar-refractivity contribution in [1.29, 1.82) is 0 Å². The number of fused-ring (bicyclic) bond motifs is 1. The number of methoxy groups -OCH3 is 4. The lowest BCUT2D eigenvalue weighted by Gasteiger charge is -2.13. The molecule has 1 heterocycles. The SMILES string of the molecule is COc1ccc2c(c1)C(CC(=O)NCC1OCCO1)=C(C)C2=Cc1cc(OC)c(OC)c(OC)c1. The summed E-state index contributed by atoms with van der Waals surface area (Å²) in [6, 6.07) is 9.72. The Bertz CT molecular complexity index is 1140. The number of carbonyl (C=O) groups excluding carboxylic acids is 1. The predicted molar refractivity (Wildman–Crippen MR) is 133 cm³/mol. The van der Waals surface area contributed by atoms with Crippen LogP contribution in [0.1, 0.15) is 30.0 Å². The van der Waals surface area contributed by atoms with Crippen molar-refractivity contribution in [3.8, 4) is 23.0 Å². The Morgan fingerprint density at radius 2 is 1.66 bits per heavy atom.